The van der Waals surface area contributed by atoms with E-state index < -0.39 is 0 Å². The zero-order valence-corrected chi connectivity index (χ0v) is 34.2. The van der Waals surface area contributed by atoms with E-state index in [1.165, 1.54) is 100 Å². The summed E-state index contributed by atoms with van der Waals surface area (Å²) >= 11 is 0. The molecule has 0 aliphatic rings. The number of hydrogen-bond acceptors (Lipinski definition) is 0. The summed E-state index contributed by atoms with van der Waals surface area (Å²) in [5.74, 6) is 0. The lowest BCUT2D eigenvalue weighted by Gasteiger charge is -2.25. The number of hydrogen-bond donors (Lipinski definition) is 0. The summed E-state index contributed by atoms with van der Waals surface area (Å²) in [4.78, 5) is 0. The second-order valence-corrected chi connectivity index (χ2v) is 15.6. The predicted molar refractivity (Wildman–Crippen MR) is 260 cm³/mol. The third-order valence-electron chi connectivity index (χ3n) is 11.8. The summed E-state index contributed by atoms with van der Waals surface area (Å²) in [5.41, 5.74) is 22.8. The molecule has 0 amide bonds. The Morgan fingerprint density at radius 3 is 0.754 bits per heavy atom. The van der Waals surface area contributed by atoms with Gasteiger partial charge in [-0.15, -0.1) is 0 Å². The maximum absolute atomic E-state index is 2.43. The molecule has 0 N–H and O–H groups in total. The van der Waals surface area contributed by atoms with Crippen LogP contribution in [-0.4, -0.2) is 0 Å². The van der Waals surface area contributed by atoms with Crippen LogP contribution >= 0.6 is 0 Å². The van der Waals surface area contributed by atoms with Gasteiger partial charge in [-0.25, -0.2) is 0 Å². The average Bonchev–Trinajstić information content (AvgIpc) is 3.35. The Bertz CT molecular complexity index is 3040. The van der Waals surface area contributed by atoms with E-state index in [0.29, 0.717) is 0 Å². The van der Waals surface area contributed by atoms with E-state index in [4.69, 9.17) is 0 Å². The summed E-state index contributed by atoms with van der Waals surface area (Å²) in [6.45, 7) is 2.16. The number of rotatable bonds is 9. The minimum atomic E-state index is 1.16. The minimum absolute atomic E-state index is 1.16. The SMILES string of the molecule is Cc1ccc(-c2cc(-c3ccccc3)c(-c3ccc(-c4c(-c5ccccc5)ccc(-c5ccccc5)c4-c4ccccc4)cc3)c(-c3ccccc3)c2-c2ccccc2)cc1. The fourth-order valence-electron chi connectivity index (χ4n) is 8.91. The molecule has 0 atom stereocenters. The normalized spacial score (nSPS) is 11.0. The Morgan fingerprint density at radius 2 is 0.410 bits per heavy atom. The molecule has 10 aromatic rings. The first kappa shape index (κ1) is 37.5. The molecule has 0 heterocycles. The molecular formula is C61H44. The average molecular weight is 777 g/mol. The highest BCUT2D eigenvalue weighted by atomic mass is 14.3. The summed E-state index contributed by atoms with van der Waals surface area (Å²) < 4.78 is 0. The van der Waals surface area contributed by atoms with Gasteiger partial charge in [0.1, 0.15) is 0 Å². The Balaban J connectivity index is 1.28. The van der Waals surface area contributed by atoms with Gasteiger partial charge < -0.3 is 0 Å². The zero-order valence-electron chi connectivity index (χ0n) is 34.2. The molecule has 0 bridgehead atoms. The summed E-state index contributed by atoms with van der Waals surface area (Å²) in [5, 5.41) is 0. The molecule has 61 heavy (non-hydrogen) atoms. The van der Waals surface area contributed by atoms with Crippen LogP contribution in [0, 0.1) is 6.92 Å². The monoisotopic (exact) mass is 776 g/mol. The van der Waals surface area contributed by atoms with E-state index in [9.17, 15) is 0 Å². The van der Waals surface area contributed by atoms with Crippen molar-refractivity contribution in [3.05, 3.63) is 254 Å². The Morgan fingerprint density at radius 1 is 0.180 bits per heavy atom. The van der Waals surface area contributed by atoms with Gasteiger partial charge in [0.2, 0.25) is 0 Å². The summed E-state index contributed by atoms with van der Waals surface area (Å²) in [6.07, 6.45) is 0. The van der Waals surface area contributed by atoms with E-state index in [0.717, 1.165) is 5.56 Å². The summed E-state index contributed by atoms with van der Waals surface area (Å²) in [7, 11) is 0. The molecule has 0 fully saturated rings. The van der Waals surface area contributed by atoms with Crippen molar-refractivity contribution >= 4 is 0 Å². The standard InChI is InChI=1S/C61H44/c1-43-32-34-47(35-33-43)56-42-55(46-24-12-4-13-25-46)60(61(50-30-18-7-19-31-50)59(56)49-28-16-6-17-29-49)52-38-36-51(37-39-52)58-54(45-22-10-3-11-23-45)41-40-53(44-20-8-2-9-21-44)57(58)48-26-14-5-15-27-48/h2-42H,1H3. The van der Waals surface area contributed by atoms with Crippen LogP contribution in [0.5, 0.6) is 0 Å². The molecule has 0 aliphatic carbocycles. The molecule has 0 aromatic heterocycles. The van der Waals surface area contributed by atoms with E-state index >= 15 is 0 Å². The topological polar surface area (TPSA) is 0 Å². The smallest absolute Gasteiger partial charge is 0.00143 e. The Hall–Kier alpha value is -7.80. The van der Waals surface area contributed by atoms with Gasteiger partial charge in [-0.1, -0.05) is 248 Å². The number of aryl methyl sites for hydroxylation is 1. The predicted octanol–water partition coefficient (Wildman–Crippen LogP) is 17.0. The van der Waals surface area contributed by atoms with Gasteiger partial charge in [0, 0.05) is 0 Å². The minimum Gasteiger partial charge on any atom is -0.0622 e. The molecule has 288 valence electrons. The van der Waals surface area contributed by atoms with Crippen molar-refractivity contribution in [3.8, 4) is 100 Å². The first-order valence-corrected chi connectivity index (χ1v) is 21.1. The van der Waals surface area contributed by atoms with E-state index in [2.05, 4.69) is 256 Å². The van der Waals surface area contributed by atoms with Gasteiger partial charge >= 0.3 is 0 Å². The second-order valence-electron chi connectivity index (χ2n) is 15.6. The Kier molecular flexibility index (Phi) is 10.3. The van der Waals surface area contributed by atoms with Crippen LogP contribution in [0.1, 0.15) is 5.56 Å². The molecule has 0 saturated heterocycles. The molecule has 0 saturated carbocycles. The quantitative estimate of drug-likeness (QED) is 0.137. The van der Waals surface area contributed by atoms with E-state index in [1.54, 1.807) is 0 Å². The molecule has 0 aliphatic heterocycles. The van der Waals surface area contributed by atoms with Gasteiger partial charge in [-0.05, 0) is 113 Å². The van der Waals surface area contributed by atoms with Crippen LogP contribution in [0.15, 0.2) is 249 Å². The van der Waals surface area contributed by atoms with Gasteiger partial charge in [0.15, 0.2) is 0 Å². The Labute approximate surface area is 359 Å². The van der Waals surface area contributed by atoms with Crippen molar-refractivity contribution in [2.75, 3.05) is 0 Å². The lowest BCUT2D eigenvalue weighted by atomic mass is 9.78. The molecule has 0 heteroatoms. The van der Waals surface area contributed by atoms with Crippen LogP contribution in [-0.2, 0) is 0 Å². The third-order valence-corrected chi connectivity index (χ3v) is 11.8. The molecule has 0 spiro atoms. The lowest BCUT2D eigenvalue weighted by molar-refractivity contribution is 1.46. The fourth-order valence-corrected chi connectivity index (χ4v) is 8.91. The van der Waals surface area contributed by atoms with Crippen LogP contribution in [0.4, 0.5) is 0 Å². The first-order chi connectivity index (χ1) is 30.2. The summed E-state index contributed by atoms with van der Waals surface area (Å²) in [6, 6.07) is 90.7. The van der Waals surface area contributed by atoms with Gasteiger partial charge in [0.05, 0.1) is 0 Å². The third kappa shape index (κ3) is 7.41. The van der Waals surface area contributed by atoms with E-state index in [1.807, 2.05) is 0 Å². The molecule has 0 radical (unpaired) electrons. The highest BCUT2D eigenvalue weighted by Crippen LogP contribution is 2.51. The zero-order chi connectivity index (χ0) is 41.0. The molecule has 0 nitrogen and oxygen atoms in total. The van der Waals surface area contributed by atoms with Crippen molar-refractivity contribution in [1.82, 2.24) is 0 Å². The van der Waals surface area contributed by atoms with Gasteiger partial charge in [-0.2, -0.15) is 0 Å². The highest BCUT2D eigenvalue weighted by molar-refractivity contribution is 6.08. The van der Waals surface area contributed by atoms with Crippen molar-refractivity contribution in [1.29, 1.82) is 0 Å². The largest absolute Gasteiger partial charge is 0.0622 e. The first-order valence-electron chi connectivity index (χ1n) is 21.1. The molecule has 0 unspecified atom stereocenters. The number of benzene rings is 10. The highest BCUT2D eigenvalue weighted by Gasteiger charge is 2.25. The van der Waals surface area contributed by atoms with Crippen molar-refractivity contribution in [2.45, 2.75) is 6.92 Å². The molecule has 10 rings (SSSR count). The van der Waals surface area contributed by atoms with Gasteiger partial charge in [-0.3, -0.25) is 0 Å². The molecular weight excluding hydrogens is 733 g/mol. The van der Waals surface area contributed by atoms with Gasteiger partial charge in [0.25, 0.3) is 0 Å². The van der Waals surface area contributed by atoms with Crippen molar-refractivity contribution in [2.24, 2.45) is 0 Å². The molecule has 10 aromatic carbocycles. The maximum atomic E-state index is 2.43. The van der Waals surface area contributed by atoms with Crippen molar-refractivity contribution in [3.63, 3.8) is 0 Å². The maximum Gasteiger partial charge on any atom is -0.00143 e. The van der Waals surface area contributed by atoms with E-state index in [-0.39, 0.29) is 0 Å². The van der Waals surface area contributed by atoms with Crippen LogP contribution in [0.3, 0.4) is 0 Å². The lowest BCUT2D eigenvalue weighted by Crippen LogP contribution is -1.98. The van der Waals surface area contributed by atoms with Crippen LogP contribution < -0.4 is 0 Å². The second kappa shape index (κ2) is 16.8. The van der Waals surface area contributed by atoms with Crippen molar-refractivity contribution < 1.29 is 0 Å². The fraction of sp³-hybridized carbons (Fsp3) is 0.0164. The van der Waals surface area contributed by atoms with Crippen LogP contribution in [0.2, 0.25) is 0 Å². The van der Waals surface area contributed by atoms with Crippen LogP contribution in [0.25, 0.3) is 100 Å².